The number of carboxylic acids is 1. The molecule has 1 aromatic rings. The predicted octanol–water partition coefficient (Wildman–Crippen LogP) is -0.344. The van der Waals surface area contributed by atoms with Gasteiger partial charge in [0.25, 0.3) is 5.91 Å². The Kier molecular flexibility index (Phi) is 5.06. The van der Waals surface area contributed by atoms with E-state index in [0.717, 1.165) is 0 Å². The third kappa shape index (κ3) is 3.42. The number of carbonyl (C=O) groups excluding carboxylic acids is 1. The van der Waals surface area contributed by atoms with Crippen LogP contribution in [0, 0.1) is 0 Å². The van der Waals surface area contributed by atoms with Crippen molar-refractivity contribution in [3.63, 3.8) is 0 Å². The van der Waals surface area contributed by atoms with Gasteiger partial charge in [-0.1, -0.05) is 0 Å². The van der Waals surface area contributed by atoms with Gasteiger partial charge in [0.15, 0.2) is 0 Å². The minimum absolute atomic E-state index is 0.0658. The van der Waals surface area contributed by atoms with Crippen molar-refractivity contribution in [2.45, 2.75) is 12.5 Å². The Morgan fingerprint density at radius 3 is 2.83 bits per heavy atom. The lowest BCUT2D eigenvalue weighted by atomic mass is 10.2. The summed E-state index contributed by atoms with van der Waals surface area (Å²) in [5, 5.41) is 19.9. The number of aromatic nitrogens is 1. The molecule has 98 valence electrons. The van der Waals surface area contributed by atoms with Gasteiger partial charge in [0, 0.05) is 19.2 Å². The van der Waals surface area contributed by atoms with E-state index >= 15 is 0 Å². The van der Waals surface area contributed by atoms with E-state index in [9.17, 15) is 9.59 Å². The number of rotatable bonds is 6. The van der Waals surface area contributed by atoms with Gasteiger partial charge in [-0.2, -0.15) is 0 Å². The molecule has 0 radical (unpaired) electrons. The molecule has 0 saturated heterocycles. The fraction of sp³-hybridized carbons (Fsp3) is 0.364. The molecule has 0 unspecified atom stereocenters. The van der Waals surface area contributed by atoms with Gasteiger partial charge in [0.2, 0.25) is 5.88 Å². The van der Waals surface area contributed by atoms with Crippen LogP contribution in [0.5, 0.6) is 5.88 Å². The summed E-state index contributed by atoms with van der Waals surface area (Å²) < 4.78 is 4.90. The molecule has 0 spiro atoms. The highest BCUT2D eigenvalue weighted by Crippen LogP contribution is 2.13. The standard InChI is InChI=1S/C11H14N2O5/c1-18-10-7(3-2-5-12-10)9(15)13-8(4-6-14)11(16)17/h2-3,5,8,14H,4,6H2,1H3,(H,13,15)(H,16,17)/t8-/m0/s1. The summed E-state index contributed by atoms with van der Waals surface area (Å²) in [4.78, 5) is 26.5. The molecule has 3 N–H and O–H groups in total. The molecule has 0 saturated carbocycles. The van der Waals surface area contributed by atoms with Crippen molar-refractivity contribution < 1.29 is 24.5 Å². The molecule has 1 rings (SSSR count). The van der Waals surface area contributed by atoms with Crippen LogP contribution >= 0.6 is 0 Å². The van der Waals surface area contributed by atoms with Crippen molar-refractivity contribution in [2.24, 2.45) is 0 Å². The molecular formula is C11H14N2O5. The van der Waals surface area contributed by atoms with Crippen LogP contribution in [-0.2, 0) is 4.79 Å². The van der Waals surface area contributed by atoms with Gasteiger partial charge < -0.3 is 20.3 Å². The van der Waals surface area contributed by atoms with Gasteiger partial charge in [0.1, 0.15) is 11.6 Å². The summed E-state index contributed by atoms with van der Waals surface area (Å²) >= 11 is 0. The fourth-order valence-corrected chi connectivity index (χ4v) is 1.35. The molecule has 1 atom stereocenters. The van der Waals surface area contributed by atoms with Crippen LogP contribution < -0.4 is 10.1 Å². The van der Waals surface area contributed by atoms with E-state index in [1.807, 2.05) is 0 Å². The molecule has 1 aromatic heterocycles. The Labute approximate surface area is 103 Å². The summed E-state index contributed by atoms with van der Waals surface area (Å²) in [6.07, 6.45) is 1.39. The van der Waals surface area contributed by atoms with Gasteiger partial charge in [-0.15, -0.1) is 0 Å². The molecule has 7 nitrogen and oxygen atoms in total. The number of nitrogens with one attached hydrogen (secondary N) is 1. The Morgan fingerprint density at radius 1 is 1.56 bits per heavy atom. The van der Waals surface area contributed by atoms with E-state index in [-0.39, 0.29) is 24.5 Å². The van der Waals surface area contributed by atoms with Crippen LogP contribution in [-0.4, -0.2) is 46.8 Å². The SMILES string of the molecule is COc1ncccc1C(=O)N[C@@H](CCO)C(=O)O. The summed E-state index contributed by atoms with van der Waals surface area (Å²) in [7, 11) is 1.36. The molecule has 0 aliphatic carbocycles. The molecular weight excluding hydrogens is 240 g/mol. The summed E-state index contributed by atoms with van der Waals surface area (Å²) in [6.45, 7) is -0.332. The molecule has 0 aliphatic rings. The molecule has 1 amide bonds. The molecule has 0 aliphatic heterocycles. The predicted molar refractivity (Wildman–Crippen MR) is 61.4 cm³/mol. The lowest BCUT2D eigenvalue weighted by molar-refractivity contribution is -0.139. The summed E-state index contributed by atoms with van der Waals surface area (Å²) in [6, 6.07) is 1.87. The normalized spacial score (nSPS) is 11.7. The van der Waals surface area contributed by atoms with Crippen LogP contribution in [0.4, 0.5) is 0 Å². The first kappa shape index (κ1) is 13.9. The number of carbonyl (C=O) groups is 2. The highest BCUT2D eigenvalue weighted by molar-refractivity contribution is 5.98. The van der Waals surface area contributed by atoms with E-state index in [1.165, 1.54) is 19.4 Å². The largest absolute Gasteiger partial charge is 0.480 e. The van der Waals surface area contributed by atoms with Crippen molar-refractivity contribution >= 4 is 11.9 Å². The zero-order valence-electron chi connectivity index (χ0n) is 9.79. The van der Waals surface area contributed by atoms with Crippen LogP contribution in [0.25, 0.3) is 0 Å². The highest BCUT2D eigenvalue weighted by Gasteiger charge is 2.22. The Morgan fingerprint density at radius 2 is 2.28 bits per heavy atom. The third-order valence-electron chi connectivity index (χ3n) is 2.23. The van der Waals surface area contributed by atoms with Crippen molar-refractivity contribution in [1.82, 2.24) is 10.3 Å². The van der Waals surface area contributed by atoms with Gasteiger partial charge in [-0.05, 0) is 12.1 Å². The zero-order chi connectivity index (χ0) is 13.5. The fourth-order valence-electron chi connectivity index (χ4n) is 1.35. The molecule has 0 bridgehead atoms. The number of aliphatic hydroxyl groups is 1. The number of pyridine rings is 1. The van der Waals surface area contributed by atoms with Crippen LogP contribution in [0.3, 0.4) is 0 Å². The maximum Gasteiger partial charge on any atom is 0.326 e. The number of hydrogen-bond acceptors (Lipinski definition) is 5. The Hall–Kier alpha value is -2.15. The number of amides is 1. The second kappa shape index (κ2) is 6.55. The summed E-state index contributed by atoms with van der Waals surface area (Å²) in [5.41, 5.74) is 0.143. The first-order valence-electron chi connectivity index (χ1n) is 5.23. The number of hydrogen-bond donors (Lipinski definition) is 3. The number of ether oxygens (including phenoxy) is 1. The number of carboxylic acid groups (broad SMARTS) is 1. The van der Waals surface area contributed by atoms with Crippen molar-refractivity contribution in [3.8, 4) is 5.88 Å². The maximum atomic E-state index is 11.8. The minimum Gasteiger partial charge on any atom is -0.480 e. The first-order chi connectivity index (χ1) is 8.60. The van der Waals surface area contributed by atoms with E-state index < -0.39 is 17.9 Å². The number of aliphatic hydroxyl groups excluding tert-OH is 1. The molecule has 18 heavy (non-hydrogen) atoms. The lowest BCUT2D eigenvalue weighted by Crippen LogP contribution is -2.41. The van der Waals surface area contributed by atoms with E-state index in [4.69, 9.17) is 14.9 Å². The zero-order valence-corrected chi connectivity index (χ0v) is 9.79. The monoisotopic (exact) mass is 254 g/mol. The third-order valence-corrected chi connectivity index (χ3v) is 2.23. The first-order valence-corrected chi connectivity index (χ1v) is 5.23. The Balaban J connectivity index is 2.83. The number of aliphatic carboxylic acids is 1. The van der Waals surface area contributed by atoms with Gasteiger partial charge in [-0.25, -0.2) is 9.78 Å². The number of nitrogens with zero attached hydrogens (tertiary/aromatic N) is 1. The van der Waals surface area contributed by atoms with Crippen LogP contribution in [0.15, 0.2) is 18.3 Å². The average molecular weight is 254 g/mol. The van der Waals surface area contributed by atoms with Crippen molar-refractivity contribution in [2.75, 3.05) is 13.7 Å². The van der Waals surface area contributed by atoms with Crippen LogP contribution in [0.2, 0.25) is 0 Å². The second-order valence-electron chi connectivity index (χ2n) is 3.44. The molecule has 0 fully saturated rings. The number of methoxy groups -OCH3 is 1. The van der Waals surface area contributed by atoms with E-state index in [0.29, 0.717) is 0 Å². The highest BCUT2D eigenvalue weighted by atomic mass is 16.5. The van der Waals surface area contributed by atoms with Gasteiger partial charge >= 0.3 is 5.97 Å². The average Bonchev–Trinajstić information content (AvgIpc) is 2.37. The van der Waals surface area contributed by atoms with Gasteiger partial charge in [0.05, 0.1) is 7.11 Å². The quantitative estimate of drug-likeness (QED) is 0.640. The minimum atomic E-state index is -1.21. The Bertz CT molecular complexity index is 435. The van der Waals surface area contributed by atoms with Crippen molar-refractivity contribution in [3.05, 3.63) is 23.9 Å². The molecule has 1 heterocycles. The smallest absolute Gasteiger partial charge is 0.326 e. The maximum absolute atomic E-state index is 11.8. The van der Waals surface area contributed by atoms with Crippen molar-refractivity contribution in [1.29, 1.82) is 0 Å². The van der Waals surface area contributed by atoms with Crippen LogP contribution in [0.1, 0.15) is 16.8 Å². The second-order valence-corrected chi connectivity index (χ2v) is 3.44. The van der Waals surface area contributed by atoms with E-state index in [1.54, 1.807) is 6.07 Å². The van der Waals surface area contributed by atoms with Gasteiger partial charge in [-0.3, -0.25) is 4.79 Å². The van der Waals surface area contributed by atoms with E-state index in [2.05, 4.69) is 10.3 Å². The topological polar surface area (TPSA) is 109 Å². The summed E-state index contributed by atoms with van der Waals surface area (Å²) in [5.74, 6) is -1.70. The molecule has 7 heteroatoms. The lowest BCUT2D eigenvalue weighted by Gasteiger charge is -2.14. The molecule has 0 aromatic carbocycles.